The Morgan fingerprint density at radius 2 is 2.00 bits per heavy atom. The van der Waals surface area contributed by atoms with Crippen molar-refractivity contribution in [1.29, 1.82) is 0 Å². The summed E-state index contributed by atoms with van der Waals surface area (Å²) in [5, 5.41) is 0. The lowest BCUT2D eigenvalue weighted by molar-refractivity contribution is -0.140. The molecule has 1 heterocycles. The Bertz CT molecular complexity index is 280. The normalized spacial score (nSPS) is 30.7. The molecule has 2 atom stereocenters. The third-order valence-electron chi connectivity index (χ3n) is 2.53. The predicted octanol–water partition coefficient (Wildman–Crippen LogP) is 0.786. The van der Waals surface area contributed by atoms with Crippen molar-refractivity contribution in [3.63, 3.8) is 0 Å². The van der Waals surface area contributed by atoms with Crippen molar-refractivity contribution in [3.05, 3.63) is 12.2 Å². The highest BCUT2D eigenvalue weighted by Gasteiger charge is 2.58. The maximum Gasteiger partial charge on any atom is 0.233 e. The fourth-order valence-corrected chi connectivity index (χ4v) is 1.76. The highest BCUT2D eigenvalue weighted by molar-refractivity contribution is 6.19. The van der Waals surface area contributed by atoms with Gasteiger partial charge in [0, 0.05) is 5.88 Å². The van der Waals surface area contributed by atoms with Crippen LogP contribution in [0.4, 0.5) is 0 Å². The second kappa shape index (κ2) is 2.84. The molecule has 2 fully saturated rings. The van der Waals surface area contributed by atoms with Gasteiger partial charge in [0.25, 0.3) is 0 Å². The van der Waals surface area contributed by atoms with E-state index in [0.29, 0.717) is 18.0 Å². The lowest BCUT2D eigenvalue weighted by Crippen LogP contribution is -2.34. The van der Waals surface area contributed by atoms with E-state index >= 15 is 0 Å². The number of carbonyl (C=O) groups excluding carboxylic acids is 2. The highest BCUT2D eigenvalue weighted by Crippen LogP contribution is 2.46. The summed E-state index contributed by atoms with van der Waals surface area (Å²) in [6.45, 7) is 3.97. The Morgan fingerprint density at radius 3 is 2.46 bits per heavy atom. The molecule has 0 aromatic rings. The molecule has 0 bridgehead atoms. The van der Waals surface area contributed by atoms with E-state index in [0.717, 1.165) is 6.42 Å². The van der Waals surface area contributed by atoms with Crippen LogP contribution in [0.1, 0.15) is 6.42 Å². The maximum atomic E-state index is 11.4. The molecule has 0 aromatic heterocycles. The lowest BCUT2D eigenvalue weighted by atomic mass is 10.3. The minimum Gasteiger partial charge on any atom is -0.278 e. The zero-order valence-corrected chi connectivity index (χ0v) is 7.88. The number of hydrogen-bond acceptors (Lipinski definition) is 2. The summed E-state index contributed by atoms with van der Waals surface area (Å²) < 4.78 is 0. The van der Waals surface area contributed by atoms with Gasteiger partial charge in [-0.3, -0.25) is 14.5 Å². The first-order valence-electron chi connectivity index (χ1n) is 4.23. The van der Waals surface area contributed by atoms with Gasteiger partial charge in [-0.25, -0.2) is 0 Å². The predicted molar refractivity (Wildman–Crippen MR) is 48.2 cm³/mol. The summed E-state index contributed by atoms with van der Waals surface area (Å²) >= 11 is 5.52. The van der Waals surface area contributed by atoms with Crippen LogP contribution in [0.3, 0.4) is 0 Å². The molecule has 1 saturated heterocycles. The zero-order chi connectivity index (χ0) is 9.59. The van der Waals surface area contributed by atoms with Crippen molar-refractivity contribution in [3.8, 4) is 0 Å². The van der Waals surface area contributed by atoms with Gasteiger partial charge in [0.05, 0.1) is 18.4 Å². The van der Waals surface area contributed by atoms with E-state index in [4.69, 9.17) is 11.6 Å². The minimum atomic E-state index is -0.0405. The molecule has 2 aliphatic rings. The van der Waals surface area contributed by atoms with Gasteiger partial charge in [-0.2, -0.15) is 0 Å². The van der Waals surface area contributed by atoms with Gasteiger partial charge < -0.3 is 0 Å². The number of carbonyl (C=O) groups is 2. The van der Waals surface area contributed by atoms with Crippen molar-refractivity contribution in [2.75, 3.05) is 12.4 Å². The summed E-state index contributed by atoms with van der Waals surface area (Å²) in [5.41, 5.74) is 0.713. The zero-order valence-electron chi connectivity index (χ0n) is 7.12. The number of alkyl halides is 1. The molecule has 4 heteroatoms. The second-order valence-corrected chi connectivity index (χ2v) is 3.86. The molecular formula is C9H10ClNO2. The summed E-state index contributed by atoms with van der Waals surface area (Å²) in [7, 11) is 0. The van der Waals surface area contributed by atoms with Crippen molar-refractivity contribution in [2.45, 2.75) is 6.42 Å². The number of imide groups is 1. The molecule has 2 unspecified atom stereocenters. The Labute approximate surface area is 81.3 Å². The van der Waals surface area contributed by atoms with E-state index in [-0.39, 0.29) is 23.7 Å². The Kier molecular flexibility index (Phi) is 1.91. The first kappa shape index (κ1) is 8.75. The molecule has 3 nitrogen and oxygen atoms in total. The number of piperidine rings is 1. The van der Waals surface area contributed by atoms with Crippen LogP contribution in [0.2, 0.25) is 0 Å². The number of amides is 2. The van der Waals surface area contributed by atoms with E-state index in [1.54, 1.807) is 0 Å². The first-order chi connectivity index (χ1) is 6.15. The number of nitrogens with zero attached hydrogens (tertiary/aromatic N) is 1. The van der Waals surface area contributed by atoms with Crippen molar-refractivity contribution >= 4 is 23.4 Å². The molecule has 0 N–H and O–H groups in total. The molecule has 0 aromatic carbocycles. The van der Waals surface area contributed by atoms with Crippen LogP contribution in [0, 0.1) is 11.8 Å². The van der Waals surface area contributed by atoms with Gasteiger partial charge in [0.1, 0.15) is 0 Å². The highest BCUT2D eigenvalue weighted by atomic mass is 35.5. The molecule has 1 aliphatic heterocycles. The number of likely N-dealkylation sites (tertiary alicyclic amines) is 1. The average Bonchev–Trinajstić information content (AvgIpc) is 2.86. The molecule has 0 radical (unpaired) electrons. The quantitative estimate of drug-likeness (QED) is 0.383. The largest absolute Gasteiger partial charge is 0.278 e. The number of halogens is 1. The Morgan fingerprint density at radius 1 is 1.46 bits per heavy atom. The van der Waals surface area contributed by atoms with Gasteiger partial charge in [0.15, 0.2) is 0 Å². The van der Waals surface area contributed by atoms with Crippen molar-refractivity contribution in [2.24, 2.45) is 11.8 Å². The van der Waals surface area contributed by atoms with E-state index in [2.05, 4.69) is 6.58 Å². The van der Waals surface area contributed by atoms with Gasteiger partial charge >= 0.3 is 0 Å². The fourth-order valence-electron chi connectivity index (χ4n) is 1.67. The third kappa shape index (κ3) is 1.27. The summed E-state index contributed by atoms with van der Waals surface area (Å²) in [4.78, 5) is 24.1. The van der Waals surface area contributed by atoms with Gasteiger partial charge in [-0.15, -0.1) is 11.6 Å². The standard InChI is InChI=1S/C9H10ClNO2/c1-5(3-10)4-11-8(12)6-2-7(6)9(11)13/h6-7H,1-4H2. The lowest BCUT2D eigenvalue weighted by Gasteiger charge is -2.16. The smallest absolute Gasteiger partial charge is 0.233 e. The van der Waals surface area contributed by atoms with Crippen LogP contribution in [0.5, 0.6) is 0 Å². The molecule has 70 valence electrons. The summed E-state index contributed by atoms with van der Waals surface area (Å²) in [6.07, 6.45) is 0.752. The summed E-state index contributed by atoms with van der Waals surface area (Å²) in [5.74, 6) is 0.181. The molecule has 0 spiro atoms. The van der Waals surface area contributed by atoms with Gasteiger partial charge in [-0.1, -0.05) is 6.58 Å². The van der Waals surface area contributed by atoms with Crippen LogP contribution < -0.4 is 0 Å². The van der Waals surface area contributed by atoms with E-state index in [1.807, 2.05) is 0 Å². The van der Waals surface area contributed by atoms with Crippen LogP contribution in [0.25, 0.3) is 0 Å². The molecule has 1 saturated carbocycles. The Hall–Kier alpha value is -0.830. The monoisotopic (exact) mass is 199 g/mol. The Balaban J connectivity index is 2.04. The molecule has 2 amide bonds. The van der Waals surface area contributed by atoms with Crippen LogP contribution in [-0.4, -0.2) is 29.1 Å². The summed E-state index contributed by atoms with van der Waals surface area (Å²) in [6, 6.07) is 0. The maximum absolute atomic E-state index is 11.4. The molecule has 2 rings (SSSR count). The van der Waals surface area contributed by atoms with E-state index in [1.165, 1.54) is 4.90 Å². The molecule has 1 aliphatic carbocycles. The van der Waals surface area contributed by atoms with Gasteiger partial charge in [-0.05, 0) is 12.0 Å². The van der Waals surface area contributed by atoms with Crippen LogP contribution in [-0.2, 0) is 9.59 Å². The minimum absolute atomic E-state index is 0.0179. The van der Waals surface area contributed by atoms with Gasteiger partial charge in [0.2, 0.25) is 11.8 Å². The first-order valence-corrected chi connectivity index (χ1v) is 4.76. The van der Waals surface area contributed by atoms with E-state index in [9.17, 15) is 9.59 Å². The number of hydrogen-bond donors (Lipinski definition) is 0. The van der Waals surface area contributed by atoms with Crippen molar-refractivity contribution in [1.82, 2.24) is 4.90 Å². The van der Waals surface area contributed by atoms with Crippen LogP contribution >= 0.6 is 11.6 Å². The SMILES string of the molecule is C=C(CCl)CN1C(=O)C2CC2C1=O. The van der Waals surface area contributed by atoms with Crippen molar-refractivity contribution < 1.29 is 9.59 Å². The second-order valence-electron chi connectivity index (χ2n) is 3.59. The number of rotatable bonds is 3. The molecule has 13 heavy (non-hydrogen) atoms. The number of fused-ring (bicyclic) bond motifs is 1. The average molecular weight is 200 g/mol. The fraction of sp³-hybridized carbons (Fsp3) is 0.556. The third-order valence-corrected chi connectivity index (χ3v) is 2.91. The van der Waals surface area contributed by atoms with Crippen LogP contribution in [0.15, 0.2) is 12.2 Å². The molecular weight excluding hydrogens is 190 g/mol. The topological polar surface area (TPSA) is 37.4 Å². The van der Waals surface area contributed by atoms with E-state index < -0.39 is 0 Å².